The summed E-state index contributed by atoms with van der Waals surface area (Å²) in [7, 11) is 0. The van der Waals surface area contributed by atoms with Crippen molar-refractivity contribution in [3.63, 3.8) is 0 Å². The van der Waals surface area contributed by atoms with Crippen molar-refractivity contribution in [2.24, 2.45) is 0 Å². The van der Waals surface area contributed by atoms with Crippen molar-refractivity contribution in [1.82, 2.24) is 0 Å². The molecule has 10 heavy (non-hydrogen) atoms. The lowest BCUT2D eigenvalue weighted by atomic mass is 10.0. The van der Waals surface area contributed by atoms with E-state index in [0.29, 0.717) is 0 Å². The molecule has 0 saturated carbocycles. The Morgan fingerprint density at radius 2 is 2.20 bits per heavy atom. The Kier molecular flexibility index (Phi) is 2.21. The fraction of sp³-hybridized carbons (Fsp3) is 0.500. The van der Waals surface area contributed by atoms with Crippen LogP contribution in [0.3, 0.4) is 0 Å². The van der Waals surface area contributed by atoms with Gasteiger partial charge in [0.2, 0.25) is 0 Å². The minimum absolute atomic E-state index is 1.24. The van der Waals surface area contributed by atoms with Crippen molar-refractivity contribution in [2.75, 3.05) is 0 Å². The predicted molar refractivity (Wildman–Crippen MR) is 45.7 cm³/mol. The van der Waals surface area contributed by atoms with Crippen LogP contribution in [0, 0.1) is 5.92 Å². The third kappa shape index (κ3) is 1.26. The van der Waals surface area contributed by atoms with Gasteiger partial charge in [-0.05, 0) is 13.3 Å². The van der Waals surface area contributed by atoms with Gasteiger partial charge in [0.15, 0.2) is 0 Å². The van der Waals surface area contributed by atoms with Crippen molar-refractivity contribution < 1.29 is 0 Å². The second-order valence-corrected chi connectivity index (χ2v) is 2.92. The summed E-state index contributed by atoms with van der Waals surface area (Å²) in [6.07, 6.45) is 6.94. The highest BCUT2D eigenvalue weighted by Gasteiger charge is 2.20. The van der Waals surface area contributed by atoms with Crippen molar-refractivity contribution in [1.29, 1.82) is 0 Å². The van der Waals surface area contributed by atoms with E-state index >= 15 is 0 Å². The first-order valence-corrected chi connectivity index (χ1v) is 3.97. The van der Waals surface area contributed by atoms with Gasteiger partial charge in [-0.15, -0.1) is 0 Å². The molecule has 0 saturated heterocycles. The molecule has 0 unspecified atom stereocenters. The highest BCUT2D eigenvalue weighted by atomic mass is 14.2. The number of hydrogen-bond donors (Lipinski definition) is 0. The molecular formula is C10H15+. The van der Waals surface area contributed by atoms with Gasteiger partial charge in [0.05, 0.1) is 29.2 Å². The molecule has 0 atom stereocenters. The van der Waals surface area contributed by atoms with E-state index < -0.39 is 0 Å². The van der Waals surface area contributed by atoms with Gasteiger partial charge < -0.3 is 0 Å². The predicted octanol–water partition coefficient (Wildman–Crippen LogP) is 3.27. The second-order valence-electron chi connectivity index (χ2n) is 2.92. The summed E-state index contributed by atoms with van der Waals surface area (Å²) in [5, 5.41) is 0. The Hall–Kier alpha value is -0.650. The van der Waals surface area contributed by atoms with Crippen LogP contribution in [0.4, 0.5) is 0 Å². The van der Waals surface area contributed by atoms with Crippen molar-refractivity contribution in [3.8, 4) is 0 Å². The first kappa shape index (κ1) is 7.46. The molecule has 0 nitrogen and oxygen atoms in total. The van der Waals surface area contributed by atoms with E-state index in [0.717, 1.165) is 0 Å². The second kappa shape index (κ2) is 2.96. The topological polar surface area (TPSA) is 0 Å². The summed E-state index contributed by atoms with van der Waals surface area (Å²) in [6.45, 7) is 6.61. The lowest BCUT2D eigenvalue weighted by Gasteiger charge is -1.93. The van der Waals surface area contributed by atoms with E-state index in [1.807, 2.05) is 0 Å². The Morgan fingerprint density at radius 3 is 2.60 bits per heavy atom. The molecule has 0 heterocycles. The molecule has 0 spiro atoms. The summed E-state index contributed by atoms with van der Waals surface area (Å²) in [6, 6.07) is 0. The third-order valence-corrected chi connectivity index (χ3v) is 2.13. The van der Waals surface area contributed by atoms with Crippen LogP contribution in [0.2, 0.25) is 0 Å². The summed E-state index contributed by atoms with van der Waals surface area (Å²) in [5.74, 6) is 1.43. The minimum atomic E-state index is 1.24. The Labute approximate surface area is 63.6 Å². The van der Waals surface area contributed by atoms with Gasteiger partial charge in [0.1, 0.15) is 0 Å². The maximum atomic E-state index is 2.24. The van der Waals surface area contributed by atoms with Crippen LogP contribution < -0.4 is 0 Å². The lowest BCUT2D eigenvalue weighted by Crippen LogP contribution is -1.85. The molecule has 1 rings (SSSR count). The fourth-order valence-electron chi connectivity index (χ4n) is 1.27. The average Bonchev–Trinajstić information content (AvgIpc) is 2.20. The monoisotopic (exact) mass is 135 g/mol. The van der Waals surface area contributed by atoms with Crippen LogP contribution >= 0.6 is 0 Å². The Morgan fingerprint density at radius 1 is 1.50 bits per heavy atom. The van der Waals surface area contributed by atoms with Crippen molar-refractivity contribution >= 4 is 0 Å². The maximum absolute atomic E-state index is 2.24. The van der Waals surface area contributed by atoms with Crippen LogP contribution in [0.1, 0.15) is 33.6 Å². The minimum Gasteiger partial charge on any atom is -0.0639 e. The molecule has 0 radical (unpaired) electrons. The molecular weight excluding hydrogens is 120 g/mol. The van der Waals surface area contributed by atoms with Crippen molar-refractivity contribution in [2.45, 2.75) is 33.6 Å². The third-order valence-electron chi connectivity index (χ3n) is 2.13. The zero-order valence-corrected chi connectivity index (χ0v) is 7.07. The van der Waals surface area contributed by atoms with Crippen LogP contribution in [0.5, 0.6) is 0 Å². The number of hydrogen-bond acceptors (Lipinski definition) is 0. The molecule has 0 fully saturated rings. The Bertz CT molecular complexity index is 172. The van der Waals surface area contributed by atoms with Gasteiger partial charge in [0.25, 0.3) is 0 Å². The normalized spacial score (nSPS) is 17.3. The molecule has 0 aliphatic heterocycles. The molecule has 1 aliphatic carbocycles. The van der Waals surface area contributed by atoms with Crippen LogP contribution in [-0.4, -0.2) is 0 Å². The van der Waals surface area contributed by atoms with E-state index in [9.17, 15) is 0 Å². The first-order valence-electron chi connectivity index (χ1n) is 3.97. The molecule has 0 aromatic heterocycles. The van der Waals surface area contributed by atoms with E-state index in [-0.39, 0.29) is 0 Å². The molecule has 0 heteroatoms. The van der Waals surface area contributed by atoms with Gasteiger partial charge in [-0.25, -0.2) is 0 Å². The molecule has 0 aromatic carbocycles. The van der Waals surface area contributed by atoms with E-state index in [4.69, 9.17) is 0 Å². The van der Waals surface area contributed by atoms with E-state index in [1.54, 1.807) is 0 Å². The van der Waals surface area contributed by atoms with Gasteiger partial charge in [-0.1, -0.05) is 6.92 Å². The summed E-state index contributed by atoms with van der Waals surface area (Å²) in [5.41, 5.74) is 3.02. The SMILES string of the molecule is CCCC1=C(C)[C+](C)C=C1. The van der Waals surface area contributed by atoms with Crippen LogP contribution in [0.15, 0.2) is 23.3 Å². The van der Waals surface area contributed by atoms with Gasteiger partial charge in [0, 0.05) is 13.3 Å². The summed E-state index contributed by atoms with van der Waals surface area (Å²) in [4.78, 5) is 0. The average molecular weight is 135 g/mol. The number of allylic oxidation sites excluding steroid dienone is 4. The molecule has 0 bridgehead atoms. The van der Waals surface area contributed by atoms with Gasteiger partial charge in [-0.3, -0.25) is 0 Å². The Balaban J connectivity index is 2.65. The lowest BCUT2D eigenvalue weighted by molar-refractivity contribution is 0.917. The standard InChI is InChI=1S/C10H15/c1-4-5-10-7-6-8(2)9(10)3/h6-7H,4-5H2,1-3H3/q+1. The highest BCUT2D eigenvalue weighted by molar-refractivity contribution is 5.46. The molecule has 1 aliphatic rings. The molecule has 0 amide bonds. The number of rotatable bonds is 2. The zero-order chi connectivity index (χ0) is 7.56. The van der Waals surface area contributed by atoms with E-state index in [1.165, 1.54) is 29.9 Å². The first-order chi connectivity index (χ1) is 4.75. The van der Waals surface area contributed by atoms with E-state index in [2.05, 4.69) is 32.9 Å². The van der Waals surface area contributed by atoms with Gasteiger partial charge >= 0.3 is 0 Å². The zero-order valence-electron chi connectivity index (χ0n) is 7.07. The summed E-state index contributed by atoms with van der Waals surface area (Å²) < 4.78 is 0. The largest absolute Gasteiger partial charge is 0.0963 e. The molecule has 54 valence electrons. The molecule has 0 N–H and O–H groups in total. The summed E-state index contributed by atoms with van der Waals surface area (Å²) >= 11 is 0. The smallest absolute Gasteiger partial charge is 0.0639 e. The quantitative estimate of drug-likeness (QED) is 0.510. The fourth-order valence-corrected chi connectivity index (χ4v) is 1.27. The van der Waals surface area contributed by atoms with Crippen molar-refractivity contribution in [3.05, 3.63) is 29.2 Å². The molecule has 0 aromatic rings. The highest BCUT2D eigenvalue weighted by Crippen LogP contribution is 2.28. The van der Waals surface area contributed by atoms with Crippen LogP contribution in [-0.2, 0) is 0 Å². The van der Waals surface area contributed by atoms with Gasteiger partial charge in [-0.2, -0.15) is 0 Å². The van der Waals surface area contributed by atoms with Crippen LogP contribution in [0.25, 0.3) is 0 Å². The maximum Gasteiger partial charge on any atom is 0.0963 e.